The summed E-state index contributed by atoms with van der Waals surface area (Å²) >= 11 is 0. The van der Waals surface area contributed by atoms with Gasteiger partial charge in [-0.2, -0.15) is 0 Å². The number of imidazole rings is 1. The Kier molecular flexibility index (Phi) is 4.06. The molecular weight excluding hydrogens is 346 g/mol. The average molecular weight is 359 g/mol. The van der Waals surface area contributed by atoms with Crippen LogP contribution >= 0.6 is 0 Å². The van der Waals surface area contributed by atoms with Crippen LogP contribution in [0.3, 0.4) is 0 Å². The third-order valence-corrected chi connectivity index (χ3v) is 4.00. The van der Waals surface area contributed by atoms with E-state index in [1.54, 1.807) is 54.7 Å². The highest BCUT2D eigenvalue weighted by Crippen LogP contribution is 2.23. The Morgan fingerprint density at radius 3 is 2.59 bits per heavy atom. The van der Waals surface area contributed by atoms with Crippen LogP contribution in [-0.2, 0) is 0 Å². The van der Waals surface area contributed by atoms with E-state index in [0.717, 1.165) is 5.56 Å². The molecule has 0 saturated heterocycles. The third-order valence-electron chi connectivity index (χ3n) is 4.00. The van der Waals surface area contributed by atoms with Crippen LogP contribution in [0, 0.1) is 10.1 Å². The molecule has 8 heteroatoms. The van der Waals surface area contributed by atoms with Crippen LogP contribution in [0.1, 0.15) is 10.4 Å². The molecule has 2 aromatic heterocycles. The van der Waals surface area contributed by atoms with Crippen molar-refractivity contribution in [2.75, 3.05) is 5.32 Å². The number of fused-ring (bicyclic) bond motifs is 1. The van der Waals surface area contributed by atoms with Gasteiger partial charge >= 0.3 is 0 Å². The number of hydrogen-bond donors (Lipinski definition) is 2. The topological polar surface area (TPSA) is 114 Å². The van der Waals surface area contributed by atoms with Gasteiger partial charge in [0.05, 0.1) is 16.0 Å². The maximum atomic E-state index is 12.4. The summed E-state index contributed by atoms with van der Waals surface area (Å²) in [6, 6.07) is 16.5. The number of aromatic nitrogens is 3. The first-order valence-electron chi connectivity index (χ1n) is 8.07. The van der Waals surface area contributed by atoms with Gasteiger partial charge in [-0.1, -0.05) is 6.07 Å². The summed E-state index contributed by atoms with van der Waals surface area (Å²) in [5.74, 6) is 0.767. The van der Waals surface area contributed by atoms with E-state index in [0.29, 0.717) is 28.2 Å². The Balaban J connectivity index is 1.61. The monoisotopic (exact) mass is 359 g/mol. The molecule has 0 radical (unpaired) electrons. The molecule has 2 aromatic carbocycles. The number of nitro benzene ring substituents is 1. The summed E-state index contributed by atoms with van der Waals surface area (Å²) < 4.78 is 0. The van der Waals surface area contributed by atoms with Crippen molar-refractivity contribution in [2.24, 2.45) is 0 Å². The predicted molar refractivity (Wildman–Crippen MR) is 100 cm³/mol. The van der Waals surface area contributed by atoms with E-state index < -0.39 is 4.92 Å². The highest BCUT2D eigenvalue weighted by molar-refractivity contribution is 6.05. The third kappa shape index (κ3) is 3.36. The van der Waals surface area contributed by atoms with Crippen molar-refractivity contribution in [1.82, 2.24) is 15.0 Å². The molecule has 0 spiro atoms. The van der Waals surface area contributed by atoms with Gasteiger partial charge in [-0.25, -0.2) is 9.97 Å². The first kappa shape index (κ1) is 16.4. The first-order chi connectivity index (χ1) is 13.1. The van der Waals surface area contributed by atoms with Crippen LogP contribution in [0.25, 0.3) is 22.4 Å². The highest BCUT2D eigenvalue weighted by atomic mass is 16.6. The molecular formula is C19H13N5O3. The molecule has 0 aliphatic carbocycles. The van der Waals surface area contributed by atoms with Gasteiger partial charge in [-0.15, -0.1) is 0 Å². The number of non-ortho nitro benzene ring substituents is 1. The summed E-state index contributed by atoms with van der Waals surface area (Å²) in [4.78, 5) is 34.4. The van der Waals surface area contributed by atoms with Crippen molar-refractivity contribution >= 4 is 28.4 Å². The van der Waals surface area contributed by atoms with E-state index in [2.05, 4.69) is 20.3 Å². The minimum Gasteiger partial charge on any atom is -0.338 e. The lowest BCUT2D eigenvalue weighted by molar-refractivity contribution is -0.384. The minimum atomic E-state index is -0.450. The van der Waals surface area contributed by atoms with Crippen LogP contribution in [0.5, 0.6) is 0 Å². The van der Waals surface area contributed by atoms with Gasteiger partial charge in [-0.05, 0) is 42.5 Å². The molecule has 2 heterocycles. The fourth-order valence-electron chi connectivity index (χ4n) is 2.65. The number of amides is 1. The van der Waals surface area contributed by atoms with E-state index in [1.165, 1.54) is 12.1 Å². The lowest BCUT2D eigenvalue weighted by atomic mass is 10.2. The van der Waals surface area contributed by atoms with Crippen LogP contribution in [0.2, 0.25) is 0 Å². The number of H-pyrrole nitrogens is 1. The Bertz CT molecular complexity index is 1140. The van der Waals surface area contributed by atoms with Gasteiger partial charge in [0, 0.05) is 29.5 Å². The van der Waals surface area contributed by atoms with Crippen molar-refractivity contribution in [1.29, 1.82) is 0 Å². The molecule has 0 atom stereocenters. The molecule has 1 amide bonds. The van der Waals surface area contributed by atoms with Crippen LogP contribution < -0.4 is 5.32 Å². The number of aromatic amines is 1. The van der Waals surface area contributed by atoms with Gasteiger partial charge in [0.25, 0.3) is 11.6 Å². The fraction of sp³-hybridized carbons (Fsp3) is 0. The zero-order valence-corrected chi connectivity index (χ0v) is 13.9. The van der Waals surface area contributed by atoms with Crippen molar-refractivity contribution in [3.63, 3.8) is 0 Å². The zero-order chi connectivity index (χ0) is 18.8. The Labute approximate surface area is 153 Å². The summed E-state index contributed by atoms with van der Waals surface area (Å²) in [5, 5.41) is 13.5. The molecule has 4 aromatic rings. The van der Waals surface area contributed by atoms with Gasteiger partial charge in [0.2, 0.25) is 0 Å². The second kappa shape index (κ2) is 6.68. The number of rotatable bonds is 4. The number of anilines is 1. The van der Waals surface area contributed by atoms with Crippen molar-refractivity contribution < 1.29 is 9.72 Å². The smallest absolute Gasteiger partial charge is 0.269 e. The largest absolute Gasteiger partial charge is 0.338 e. The number of nitro groups is 1. The maximum Gasteiger partial charge on any atom is 0.269 e. The number of nitrogens with one attached hydrogen (secondary N) is 2. The standard InChI is InChI=1S/C19H13N5O3/c25-19(23-17-3-1-2-10-20-17)13-6-9-15-16(11-13)22-18(21-15)12-4-7-14(8-5-12)24(26)27/h1-11H,(H,21,22)(H,20,23,25). The molecule has 0 saturated carbocycles. The molecule has 27 heavy (non-hydrogen) atoms. The zero-order valence-electron chi connectivity index (χ0n) is 13.9. The lowest BCUT2D eigenvalue weighted by Crippen LogP contribution is -2.12. The van der Waals surface area contributed by atoms with Crippen LogP contribution in [-0.4, -0.2) is 25.8 Å². The van der Waals surface area contributed by atoms with Gasteiger partial charge in [0.15, 0.2) is 0 Å². The summed E-state index contributed by atoms with van der Waals surface area (Å²) in [6.07, 6.45) is 1.60. The molecule has 0 bridgehead atoms. The Morgan fingerprint density at radius 1 is 1.07 bits per heavy atom. The minimum absolute atomic E-state index is 0.0170. The molecule has 0 aliphatic heterocycles. The summed E-state index contributed by atoms with van der Waals surface area (Å²) in [7, 11) is 0. The highest BCUT2D eigenvalue weighted by Gasteiger charge is 2.12. The Morgan fingerprint density at radius 2 is 1.89 bits per heavy atom. The van der Waals surface area contributed by atoms with Gasteiger partial charge in [0.1, 0.15) is 11.6 Å². The van der Waals surface area contributed by atoms with Crippen molar-refractivity contribution in [2.45, 2.75) is 0 Å². The average Bonchev–Trinajstić information content (AvgIpc) is 3.12. The number of carbonyl (C=O) groups excluding carboxylic acids is 1. The number of benzene rings is 2. The number of nitrogens with zero attached hydrogens (tertiary/aromatic N) is 3. The molecule has 2 N–H and O–H groups in total. The van der Waals surface area contributed by atoms with Crippen molar-refractivity contribution in [3.8, 4) is 11.4 Å². The van der Waals surface area contributed by atoms with E-state index in [1.807, 2.05) is 0 Å². The van der Waals surface area contributed by atoms with E-state index in [9.17, 15) is 14.9 Å². The molecule has 132 valence electrons. The SMILES string of the molecule is O=C(Nc1ccccn1)c1ccc2nc(-c3ccc([N+](=O)[O-])cc3)[nH]c2c1. The molecule has 4 rings (SSSR count). The molecule has 0 unspecified atom stereocenters. The van der Waals surface area contributed by atoms with Crippen LogP contribution in [0.4, 0.5) is 11.5 Å². The van der Waals surface area contributed by atoms with Gasteiger partial charge in [-0.3, -0.25) is 14.9 Å². The first-order valence-corrected chi connectivity index (χ1v) is 8.07. The van der Waals surface area contributed by atoms with E-state index in [-0.39, 0.29) is 11.6 Å². The number of pyridine rings is 1. The quantitative estimate of drug-likeness (QED) is 0.425. The fourth-order valence-corrected chi connectivity index (χ4v) is 2.65. The molecule has 8 nitrogen and oxygen atoms in total. The van der Waals surface area contributed by atoms with E-state index >= 15 is 0 Å². The second-order valence-corrected chi connectivity index (χ2v) is 5.79. The summed E-state index contributed by atoms with van der Waals surface area (Å²) in [5.41, 5.74) is 2.58. The number of carbonyl (C=O) groups is 1. The van der Waals surface area contributed by atoms with Gasteiger partial charge < -0.3 is 10.3 Å². The summed E-state index contributed by atoms with van der Waals surface area (Å²) in [6.45, 7) is 0. The van der Waals surface area contributed by atoms with Crippen LogP contribution in [0.15, 0.2) is 66.9 Å². The normalized spacial score (nSPS) is 10.7. The second-order valence-electron chi connectivity index (χ2n) is 5.79. The molecule has 0 fully saturated rings. The predicted octanol–water partition coefficient (Wildman–Crippen LogP) is 3.79. The molecule has 0 aliphatic rings. The van der Waals surface area contributed by atoms with Crippen molar-refractivity contribution in [3.05, 3.63) is 82.5 Å². The Hall–Kier alpha value is -4.07. The van der Waals surface area contributed by atoms with E-state index in [4.69, 9.17) is 0 Å². The lowest BCUT2D eigenvalue weighted by Gasteiger charge is -2.03. The maximum absolute atomic E-state index is 12.4. The number of hydrogen-bond acceptors (Lipinski definition) is 5.